The molecule has 2 nitrogen and oxygen atoms in total. The zero-order chi connectivity index (χ0) is 15.9. The number of hydrogen-bond acceptors (Lipinski definition) is 2. The Labute approximate surface area is 134 Å². The van der Waals surface area contributed by atoms with Gasteiger partial charge in [-0.3, -0.25) is 4.98 Å². The molecule has 1 aliphatic carbocycles. The standard InChI is InChI=1S/C18H22N2.C2H6/c1-18(2,3)17-14-10-20(11-15(14)17)13-6-7-16-12(9-13)5-4-8-19-16;1-2/h4-9,14-15,17H,10-11H2,1-3H3;1-2H3. The maximum Gasteiger partial charge on any atom is 0.0703 e. The summed E-state index contributed by atoms with van der Waals surface area (Å²) in [7, 11) is 0. The van der Waals surface area contributed by atoms with Gasteiger partial charge in [-0.2, -0.15) is 0 Å². The smallest absolute Gasteiger partial charge is 0.0703 e. The van der Waals surface area contributed by atoms with Crippen LogP contribution in [0.25, 0.3) is 10.9 Å². The van der Waals surface area contributed by atoms with Gasteiger partial charge in [-0.25, -0.2) is 0 Å². The van der Waals surface area contributed by atoms with Gasteiger partial charge in [0.2, 0.25) is 0 Å². The maximum absolute atomic E-state index is 4.40. The lowest BCUT2D eigenvalue weighted by atomic mass is 9.87. The molecule has 0 spiro atoms. The summed E-state index contributed by atoms with van der Waals surface area (Å²) in [5.74, 6) is 2.76. The SMILES string of the molecule is CC.CC(C)(C)C1C2CN(c3ccc4ncccc4c3)CC21. The molecular weight excluding hydrogens is 268 g/mol. The number of fused-ring (bicyclic) bond motifs is 2. The Morgan fingerprint density at radius 3 is 2.36 bits per heavy atom. The highest BCUT2D eigenvalue weighted by molar-refractivity contribution is 5.82. The first-order valence-corrected chi connectivity index (χ1v) is 8.64. The lowest BCUT2D eigenvalue weighted by Gasteiger charge is -2.27. The fraction of sp³-hybridized carbons (Fsp3) is 0.550. The second-order valence-electron chi connectivity index (χ2n) is 7.50. The molecule has 2 fully saturated rings. The van der Waals surface area contributed by atoms with Crippen LogP contribution in [0.3, 0.4) is 0 Å². The lowest BCUT2D eigenvalue weighted by Crippen LogP contribution is -2.27. The normalized spacial score (nSPS) is 26.4. The van der Waals surface area contributed by atoms with Gasteiger partial charge in [0.15, 0.2) is 0 Å². The summed E-state index contributed by atoms with van der Waals surface area (Å²) in [6, 6.07) is 10.8. The molecule has 1 saturated heterocycles. The van der Waals surface area contributed by atoms with Gasteiger partial charge in [0.1, 0.15) is 0 Å². The summed E-state index contributed by atoms with van der Waals surface area (Å²) in [6.07, 6.45) is 1.86. The van der Waals surface area contributed by atoms with E-state index in [1.54, 1.807) is 0 Å². The Bertz CT molecular complexity index is 644. The third-order valence-corrected chi connectivity index (χ3v) is 5.15. The molecule has 1 aliphatic heterocycles. The molecule has 22 heavy (non-hydrogen) atoms. The molecule has 2 aromatic rings. The van der Waals surface area contributed by atoms with Crippen molar-refractivity contribution in [2.75, 3.05) is 18.0 Å². The van der Waals surface area contributed by atoms with Crippen LogP contribution in [0.1, 0.15) is 34.6 Å². The van der Waals surface area contributed by atoms with E-state index in [1.807, 2.05) is 26.1 Å². The van der Waals surface area contributed by atoms with E-state index < -0.39 is 0 Å². The van der Waals surface area contributed by atoms with Crippen LogP contribution < -0.4 is 4.90 Å². The van der Waals surface area contributed by atoms with Gasteiger partial charge in [-0.15, -0.1) is 0 Å². The molecule has 0 bridgehead atoms. The van der Waals surface area contributed by atoms with E-state index in [0.29, 0.717) is 5.41 Å². The first-order valence-electron chi connectivity index (χ1n) is 8.64. The summed E-state index contributed by atoms with van der Waals surface area (Å²) in [6.45, 7) is 13.6. The largest absolute Gasteiger partial charge is 0.371 e. The van der Waals surface area contributed by atoms with Crippen LogP contribution in [0.15, 0.2) is 36.5 Å². The molecule has 1 aromatic carbocycles. The molecule has 0 radical (unpaired) electrons. The van der Waals surface area contributed by atoms with Crippen molar-refractivity contribution in [3.8, 4) is 0 Å². The van der Waals surface area contributed by atoms with Crippen LogP contribution in [0, 0.1) is 23.2 Å². The van der Waals surface area contributed by atoms with Crippen LogP contribution in [-0.2, 0) is 0 Å². The molecule has 1 aromatic heterocycles. The van der Waals surface area contributed by atoms with Crippen LogP contribution in [-0.4, -0.2) is 18.1 Å². The van der Waals surface area contributed by atoms with Gasteiger partial charge >= 0.3 is 0 Å². The molecule has 2 aliphatic rings. The molecule has 4 rings (SSSR count). The lowest BCUT2D eigenvalue weighted by molar-refractivity contribution is 0.309. The first kappa shape index (κ1) is 15.3. The number of nitrogens with zero attached hydrogens (tertiary/aromatic N) is 2. The average molecular weight is 296 g/mol. The number of rotatable bonds is 1. The molecule has 2 atom stereocenters. The highest BCUT2D eigenvalue weighted by atomic mass is 15.2. The predicted octanol–water partition coefficient (Wildman–Crippen LogP) is 4.99. The van der Waals surface area contributed by atoms with E-state index in [4.69, 9.17) is 0 Å². The molecule has 118 valence electrons. The van der Waals surface area contributed by atoms with Gasteiger partial charge in [0.05, 0.1) is 5.52 Å². The molecule has 1 saturated carbocycles. The maximum atomic E-state index is 4.40. The second-order valence-corrected chi connectivity index (χ2v) is 7.50. The number of anilines is 1. The molecule has 2 unspecified atom stereocenters. The van der Waals surface area contributed by atoms with Crippen molar-refractivity contribution in [2.45, 2.75) is 34.6 Å². The van der Waals surface area contributed by atoms with Gasteiger partial charge < -0.3 is 4.90 Å². The van der Waals surface area contributed by atoms with Crippen molar-refractivity contribution in [1.82, 2.24) is 4.98 Å². The molecular formula is C20H28N2. The van der Waals surface area contributed by atoms with Crippen LogP contribution in [0.2, 0.25) is 0 Å². The van der Waals surface area contributed by atoms with Gasteiger partial charge in [0, 0.05) is 30.4 Å². The van der Waals surface area contributed by atoms with Crippen molar-refractivity contribution in [2.24, 2.45) is 23.2 Å². The van der Waals surface area contributed by atoms with E-state index in [1.165, 1.54) is 24.2 Å². The molecule has 0 N–H and O–H groups in total. The molecule has 0 amide bonds. The zero-order valence-electron chi connectivity index (χ0n) is 14.5. The van der Waals surface area contributed by atoms with E-state index in [-0.39, 0.29) is 0 Å². The zero-order valence-corrected chi connectivity index (χ0v) is 14.5. The Morgan fingerprint density at radius 1 is 1.05 bits per heavy atom. The van der Waals surface area contributed by atoms with Gasteiger partial charge in [-0.1, -0.05) is 40.7 Å². The van der Waals surface area contributed by atoms with E-state index in [9.17, 15) is 0 Å². The first-order chi connectivity index (χ1) is 10.5. The van der Waals surface area contributed by atoms with E-state index in [0.717, 1.165) is 23.3 Å². The quantitative estimate of drug-likeness (QED) is 0.737. The number of benzene rings is 1. The van der Waals surface area contributed by atoms with Crippen LogP contribution in [0.5, 0.6) is 0 Å². The van der Waals surface area contributed by atoms with Crippen LogP contribution in [0.4, 0.5) is 5.69 Å². The third-order valence-electron chi connectivity index (χ3n) is 5.15. The Balaban J connectivity index is 0.000000693. The van der Waals surface area contributed by atoms with Crippen molar-refractivity contribution in [1.29, 1.82) is 0 Å². The van der Waals surface area contributed by atoms with Gasteiger partial charge in [0.25, 0.3) is 0 Å². The monoisotopic (exact) mass is 296 g/mol. The van der Waals surface area contributed by atoms with E-state index in [2.05, 4.69) is 54.9 Å². The van der Waals surface area contributed by atoms with Gasteiger partial charge in [-0.05, 0) is 47.4 Å². The van der Waals surface area contributed by atoms with E-state index >= 15 is 0 Å². The molecule has 2 heteroatoms. The topological polar surface area (TPSA) is 16.1 Å². The van der Waals surface area contributed by atoms with Crippen molar-refractivity contribution >= 4 is 16.6 Å². The predicted molar refractivity (Wildman–Crippen MR) is 95.2 cm³/mol. The molecule has 2 heterocycles. The van der Waals surface area contributed by atoms with Crippen molar-refractivity contribution < 1.29 is 0 Å². The Hall–Kier alpha value is -1.57. The fourth-order valence-corrected chi connectivity index (χ4v) is 4.28. The minimum atomic E-state index is 0.481. The summed E-state index contributed by atoms with van der Waals surface area (Å²) in [4.78, 5) is 6.96. The van der Waals surface area contributed by atoms with Crippen molar-refractivity contribution in [3.05, 3.63) is 36.5 Å². The number of piperidine rings is 1. The number of aromatic nitrogens is 1. The fourth-order valence-electron chi connectivity index (χ4n) is 4.28. The number of hydrogen-bond donors (Lipinski definition) is 0. The highest BCUT2D eigenvalue weighted by Gasteiger charge is 2.59. The summed E-state index contributed by atoms with van der Waals surface area (Å²) < 4.78 is 0. The third kappa shape index (κ3) is 2.60. The summed E-state index contributed by atoms with van der Waals surface area (Å²) >= 11 is 0. The summed E-state index contributed by atoms with van der Waals surface area (Å²) in [5, 5.41) is 1.25. The average Bonchev–Trinajstić information content (AvgIpc) is 3.06. The van der Waals surface area contributed by atoms with Crippen molar-refractivity contribution in [3.63, 3.8) is 0 Å². The van der Waals surface area contributed by atoms with Crippen LogP contribution >= 0.6 is 0 Å². The summed E-state index contributed by atoms with van der Waals surface area (Å²) in [5.41, 5.74) is 2.94. The Morgan fingerprint density at radius 2 is 1.73 bits per heavy atom. The highest BCUT2D eigenvalue weighted by Crippen LogP contribution is 2.60. The minimum absolute atomic E-state index is 0.481. The Kier molecular flexibility index (Phi) is 3.88. The second kappa shape index (κ2) is 5.57. The minimum Gasteiger partial charge on any atom is -0.371 e. The number of pyridine rings is 1.